The second-order valence-electron chi connectivity index (χ2n) is 8.18. The van der Waals surface area contributed by atoms with Crippen LogP contribution in [0.2, 0.25) is 0 Å². The van der Waals surface area contributed by atoms with Gasteiger partial charge in [0.1, 0.15) is 12.3 Å². The van der Waals surface area contributed by atoms with E-state index in [4.69, 9.17) is 4.42 Å². The maximum atomic E-state index is 5.61. The number of aryl methyl sites for hydroxylation is 2. The number of oxazole rings is 1. The number of benzene rings is 1. The van der Waals surface area contributed by atoms with E-state index in [0.29, 0.717) is 12.4 Å². The van der Waals surface area contributed by atoms with Crippen molar-refractivity contribution in [2.24, 2.45) is 4.99 Å². The summed E-state index contributed by atoms with van der Waals surface area (Å²) in [5.74, 6) is 2.35. The summed E-state index contributed by atoms with van der Waals surface area (Å²) in [5, 5.41) is 6.72. The second kappa shape index (κ2) is 12.5. The number of hydrogen-bond donors (Lipinski definition) is 2. The van der Waals surface area contributed by atoms with Gasteiger partial charge in [0.15, 0.2) is 5.96 Å². The van der Waals surface area contributed by atoms with Gasteiger partial charge in [-0.25, -0.2) is 9.98 Å². The average molecular weight is 427 g/mol. The Kier molecular flexibility index (Phi) is 9.37. The quantitative estimate of drug-likeness (QED) is 0.346. The van der Waals surface area contributed by atoms with Gasteiger partial charge in [0.2, 0.25) is 5.89 Å². The minimum atomic E-state index is 0.456. The van der Waals surface area contributed by atoms with E-state index >= 15 is 0 Å². The fourth-order valence-corrected chi connectivity index (χ4v) is 3.78. The molecule has 170 valence electrons. The highest BCUT2D eigenvalue weighted by molar-refractivity contribution is 5.79. The summed E-state index contributed by atoms with van der Waals surface area (Å²) in [6.07, 6.45) is 2.33. The molecule has 2 aromatic rings. The number of aliphatic imine (C=N–C) groups is 1. The van der Waals surface area contributed by atoms with Gasteiger partial charge in [0, 0.05) is 45.8 Å². The van der Waals surface area contributed by atoms with Crippen LogP contribution in [0.1, 0.15) is 42.7 Å². The van der Waals surface area contributed by atoms with E-state index in [9.17, 15) is 0 Å². The molecular formula is C24H38N6O. The first-order valence-electron chi connectivity index (χ1n) is 11.6. The van der Waals surface area contributed by atoms with Crippen molar-refractivity contribution in [3.63, 3.8) is 0 Å². The predicted octanol–water partition coefficient (Wildman–Crippen LogP) is 2.94. The molecule has 7 heteroatoms. The normalized spacial score (nSPS) is 15.9. The molecule has 3 rings (SSSR count). The van der Waals surface area contributed by atoms with Crippen molar-refractivity contribution in [1.29, 1.82) is 0 Å². The van der Waals surface area contributed by atoms with Crippen LogP contribution in [0.5, 0.6) is 0 Å². The number of guanidine groups is 1. The van der Waals surface area contributed by atoms with Crippen molar-refractivity contribution in [3.8, 4) is 0 Å². The Morgan fingerprint density at radius 2 is 1.77 bits per heavy atom. The Balaban J connectivity index is 1.29. The summed E-state index contributed by atoms with van der Waals surface area (Å²) in [5.41, 5.74) is 2.34. The third kappa shape index (κ3) is 7.99. The molecule has 1 aromatic carbocycles. The maximum absolute atomic E-state index is 5.61. The Bertz CT molecular complexity index is 776. The van der Waals surface area contributed by atoms with Crippen LogP contribution in [0.15, 0.2) is 39.7 Å². The zero-order chi connectivity index (χ0) is 21.9. The zero-order valence-electron chi connectivity index (χ0n) is 19.4. The summed E-state index contributed by atoms with van der Waals surface area (Å²) >= 11 is 0. The molecule has 1 aliphatic heterocycles. The lowest BCUT2D eigenvalue weighted by Crippen LogP contribution is -2.46. The highest BCUT2D eigenvalue weighted by Gasteiger charge is 2.16. The van der Waals surface area contributed by atoms with Crippen LogP contribution in [0.25, 0.3) is 0 Å². The van der Waals surface area contributed by atoms with Gasteiger partial charge in [-0.3, -0.25) is 4.90 Å². The van der Waals surface area contributed by atoms with Crippen LogP contribution in [0.4, 0.5) is 0 Å². The van der Waals surface area contributed by atoms with Gasteiger partial charge in [-0.05, 0) is 45.7 Å². The number of aromatic nitrogens is 1. The molecule has 0 bridgehead atoms. The van der Waals surface area contributed by atoms with Gasteiger partial charge < -0.3 is 20.0 Å². The first-order chi connectivity index (χ1) is 15.1. The van der Waals surface area contributed by atoms with Gasteiger partial charge in [-0.15, -0.1) is 0 Å². The van der Waals surface area contributed by atoms with Crippen molar-refractivity contribution >= 4 is 5.96 Å². The van der Waals surface area contributed by atoms with Crippen molar-refractivity contribution in [2.45, 2.75) is 46.7 Å². The highest BCUT2D eigenvalue weighted by Crippen LogP contribution is 2.10. The molecule has 1 aliphatic rings. The molecule has 2 N–H and O–H groups in total. The molecule has 2 heterocycles. The molecule has 7 nitrogen and oxygen atoms in total. The highest BCUT2D eigenvalue weighted by atomic mass is 16.4. The predicted molar refractivity (Wildman–Crippen MR) is 126 cm³/mol. The first kappa shape index (κ1) is 23.3. The van der Waals surface area contributed by atoms with Crippen LogP contribution < -0.4 is 10.6 Å². The SMILES string of the molecule is CCNC(=NCc1nc(C)c(C)o1)NCCCCN1CCN(Cc2ccccc2)CC1. The van der Waals surface area contributed by atoms with E-state index in [2.05, 4.69) is 67.7 Å². The van der Waals surface area contributed by atoms with Gasteiger partial charge in [-0.1, -0.05) is 30.3 Å². The fraction of sp³-hybridized carbons (Fsp3) is 0.583. The second-order valence-corrected chi connectivity index (χ2v) is 8.18. The third-order valence-corrected chi connectivity index (χ3v) is 5.70. The lowest BCUT2D eigenvalue weighted by atomic mass is 10.2. The molecule has 0 saturated carbocycles. The number of piperazine rings is 1. The van der Waals surface area contributed by atoms with Gasteiger partial charge in [0.05, 0.1) is 5.69 Å². The minimum absolute atomic E-state index is 0.456. The van der Waals surface area contributed by atoms with Crippen molar-refractivity contribution in [1.82, 2.24) is 25.4 Å². The Labute approximate surface area is 186 Å². The molecule has 0 amide bonds. The van der Waals surface area contributed by atoms with Crippen molar-refractivity contribution in [3.05, 3.63) is 53.2 Å². The molecule has 31 heavy (non-hydrogen) atoms. The van der Waals surface area contributed by atoms with E-state index in [1.807, 2.05) is 13.8 Å². The van der Waals surface area contributed by atoms with Gasteiger partial charge >= 0.3 is 0 Å². The number of hydrogen-bond acceptors (Lipinski definition) is 5. The van der Waals surface area contributed by atoms with Crippen molar-refractivity contribution < 1.29 is 4.42 Å². The smallest absolute Gasteiger partial charge is 0.216 e. The summed E-state index contributed by atoms with van der Waals surface area (Å²) in [6, 6.07) is 10.8. The molecule has 0 aliphatic carbocycles. The van der Waals surface area contributed by atoms with E-state index in [0.717, 1.165) is 56.6 Å². The van der Waals surface area contributed by atoms with Crippen LogP contribution in [-0.4, -0.2) is 66.6 Å². The molecule has 0 radical (unpaired) electrons. The Hall–Kier alpha value is -2.38. The monoisotopic (exact) mass is 426 g/mol. The molecule has 0 spiro atoms. The van der Waals surface area contributed by atoms with Gasteiger partial charge in [-0.2, -0.15) is 0 Å². The minimum Gasteiger partial charge on any atom is -0.444 e. The first-order valence-corrected chi connectivity index (χ1v) is 11.6. The van der Waals surface area contributed by atoms with Crippen LogP contribution in [0, 0.1) is 13.8 Å². The lowest BCUT2D eigenvalue weighted by Gasteiger charge is -2.34. The van der Waals surface area contributed by atoms with E-state index < -0.39 is 0 Å². The van der Waals surface area contributed by atoms with E-state index in [1.54, 1.807) is 0 Å². The summed E-state index contributed by atoms with van der Waals surface area (Å²) < 4.78 is 5.61. The van der Waals surface area contributed by atoms with E-state index in [-0.39, 0.29) is 0 Å². The number of nitrogens with one attached hydrogen (secondary N) is 2. The summed E-state index contributed by atoms with van der Waals surface area (Å²) in [4.78, 5) is 14.1. The average Bonchev–Trinajstić information content (AvgIpc) is 3.11. The van der Waals surface area contributed by atoms with Crippen LogP contribution in [0.3, 0.4) is 0 Å². The molecule has 0 unspecified atom stereocenters. The standard InChI is InChI=1S/C24H38N6O/c1-4-25-24(27-18-23-28-20(2)21(3)31-23)26-12-8-9-13-29-14-16-30(17-15-29)19-22-10-6-5-7-11-22/h5-7,10-11H,4,8-9,12-19H2,1-3H3,(H2,25,26,27). The summed E-state index contributed by atoms with van der Waals surface area (Å²) in [6.45, 7) is 15.1. The molecule has 1 aromatic heterocycles. The number of nitrogens with zero attached hydrogens (tertiary/aromatic N) is 4. The van der Waals surface area contributed by atoms with Crippen LogP contribution >= 0.6 is 0 Å². The third-order valence-electron chi connectivity index (χ3n) is 5.70. The Morgan fingerprint density at radius 1 is 1.03 bits per heavy atom. The molecule has 0 atom stereocenters. The molecule has 1 saturated heterocycles. The van der Waals surface area contributed by atoms with E-state index in [1.165, 1.54) is 31.6 Å². The summed E-state index contributed by atoms with van der Waals surface area (Å²) in [7, 11) is 0. The Morgan fingerprint density at radius 3 is 2.45 bits per heavy atom. The topological polar surface area (TPSA) is 68.9 Å². The fourth-order valence-electron chi connectivity index (χ4n) is 3.78. The van der Waals surface area contributed by atoms with Crippen molar-refractivity contribution in [2.75, 3.05) is 45.8 Å². The zero-order valence-corrected chi connectivity index (χ0v) is 19.4. The maximum Gasteiger partial charge on any atom is 0.216 e. The van der Waals surface area contributed by atoms with Gasteiger partial charge in [0.25, 0.3) is 0 Å². The number of rotatable bonds is 10. The van der Waals surface area contributed by atoms with Crippen LogP contribution in [-0.2, 0) is 13.1 Å². The number of unbranched alkanes of at least 4 members (excludes halogenated alkanes) is 1. The molecular weight excluding hydrogens is 388 g/mol. The largest absolute Gasteiger partial charge is 0.444 e. The lowest BCUT2D eigenvalue weighted by molar-refractivity contribution is 0.126. The molecule has 1 fully saturated rings.